The molecule has 0 saturated carbocycles. The van der Waals surface area contributed by atoms with E-state index in [1.165, 1.54) is 31.5 Å². The van der Waals surface area contributed by atoms with Gasteiger partial charge in [0.1, 0.15) is 24.4 Å². The molecule has 2 amide bonds. The molecule has 0 aliphatic rings. The molecule has 16 heteroatoms. The van der Waals surface area contributed by atoms with Crippen molar-refractivity contribution >= 4 is 40.6 Å². The number of rotatable bonds is 12. The van der Waals surface area contributed by atoms with Crippen LogP contribution < -0.4 is 20.9 Å². The molecule has 3 rings (SSSR count). The molecule has 2 heterocycles. The molecule has 0 saturated heterocycles. The minimum absolute atomic E-state index is 0.0287. The summed E-state index contributed by atoms with van der Waals surface area (Å²) < 4.78 is 60.0. The van der Waals surface area contributed by atoms with Crippen LogP contribution in [0.4, 0.5) is 23.2 Å². The first-order valence-electron chi connectivity index (χ1n) is 11.4. The Kier molecular flexibility index (Phi) is 9.71. The van der Waals surface area contributed by atoms with Gasteiger partial charge >= 0.3 is 5.97 Å². The number of carbonyl (C=O) groups is 4. The molecule has 0 fully saturated rings. The standard InChI is InChI=1S/C24H20F4N4O7S/c1-2-15(32-6-3-4-13(24(32)38)30-22(37)23-29-5-7-40-23)21(36)31-14(9-17(34)35)16(33)10-39-20-18(27)11(25)8-12(26)19(20)28/h3-8,14-15H,2,9-10H2,1H3,(H,30,37)(H,31,36)(H,34,35)/t14?,15-/m0/s1. The zero-order chi connectivity index (χ0) is 29.6. The van der Waals surface area contributed by atoms with Crippen LogP contribution in [-0.4, -0.2) is 50.9 Å². The van der Waals surface area contributed by atoms with E-state index in [4.69, 9.17) is 0 Å². The van der Waals surface area contributed by atoms with Crippen LogP contribution >= 0.6 is 11.3 Å². The molecule has 3 N–H and O–H groups in total. The molecule has 1 aromatic carbocycles. The third kappa shape index (κ3) is 6.88. The highest BCUT2D eigenvalue weighted by atomic mass is 32.1. The molecule has 3 aromatic rings. The van der Waals surface area contributed by atoms with Crippen LogP contribution in [0.3, 0.4) is 0 Å². The maximum atomic E-state index is 13.8. The third-order valence-corrected chi connectivity index (χ3v) is 6.16. The molecule has 2 aromatic heterocycles. The van der Waals surface area contributed by atoms with Gasteiger partial charge in [0.05, 0.1) is 6.42 Å². The van der Waals surface area contributed by atoms with Crippen molar-refractivity contribution in [2.24, 2.45) is 0 Å². The number of anilines is 1. The fraction of sp³-hybridized carbons (Fsp3) is 0.250. The Balaban J connectivity index is 1.79. The van der Waals surface area contributed by atoms with Crippen molar-refractivity contribution in [3.63, 3.8) is 0 Å². The zero-order valence-electron chi connectivity index (χ0n) is 20.5. The molecule has 2 atom stereocenters. The van der Waals surface area contributed by atoms with Gasteiger partial charge in [0.2, 0.25) is 17.5 Å². The van der Waals surface area contributed by atoms with Crippen molar-refractivity contribution in [1.29, 1.82) is 0 Å². The first-order valence-corrected chi connectivity index (χ1v) is 12.2. The number of aliphatic carboxylic acids is 1. The SMILES string of the molecule is CC[C@@H](C(=O)NC(CC(=O)O)C(=O)COc1c(F)c(F)cc(F)c1F)n1cccc(NC(=O)c2nccs2)c1=O. The van der Waals surface area contributed by atoms with Crippen LogP contribution in [0.15, 0.2) is 40.8 Å². The second kappa shape index (κ2) is 13.0. The van der Waals surface area contributed by atoms with Gasteiger partial charge < -0.3 is 25.0 Å². The van der Waals surface area contributed by atoms with E-state index in [1.807, 2.05) is 0 Å². The summed E-state index contributed by atoms with van der Waals surface area (Å²) in [4.78, 5) is 66.1. The predicted molar refractivity (Wildman–Crippen MR) is 131 cm³/mol. The average molecular weight is 585 g/mol. The molecule has 0 spiro atoms. The summed E-state index contributed by atoms with van der Waals surface area (Å²) in [6, 6.07) is -0.520. The van der Waals surface area contributed by atoms with Crippen LogP contribution in [0, 0.1) is 23.3 Å². The monoisotopic (exact) mass is 584 g/mol. The minimum atomic E-state index is -1.92. The number of ketones is 1. The lowest BCUT2D eigenvalue weighted by atomic mass is 10.1. The fourth-order valence-corrected chi connectivity index (χ4v) is 4.01. The lowest BCUT2D eigenvalue weighted by molar-refractivity contribution is -0.140. The first-order chi connectivity index (χ1) is 18.9. The number of benzene rings is 1. The van der Waals surface area contributed by atoms with E-state index in [0.29, 0.717) is 0 Å². The summed E-state index contributed by atoms with van der Waals surface area (Å²) >= 11 is 1.03. The van der Waals surface area contributed by atoms with Gasteiger partial charge in [0.25, 0.3) is 11.5 Å². The molecule has 11 nitrogen and oxygen atoms in total. The summed E-state index contributed by atoms with van der Waals surface area (Å²) in [7, 11) is 0. The number of carboxylic acid groups (broad SMARTS) is 1. The quantitative estimate of drug-likeness (QED) is 0.217. The van der Waals surface area contributed by atoms with Crippen LogP contribution in [0.2, 0.25) is 0 Å². The average Bonchev–Trinajstić information content (AvgIpc) is 3.44. The molecular weight excluding hydrogens is 564 g/mol. The summed E-state index contributed by atoms with van der Waals surface area (Å²) in [5.74, 6) is -13.4. The van der Waals surface area contributed by atoms with Crippen LogP contribution in [0.5, 0.6) is 5.75 Å². The number of Topliss-reactive ketones (excluding diaryl/α,β-unsaturated/α-hetero) is 1. The van der Waals surface area contributed by atoms with Crippen molar-refractivity contribution in [3.8, 4) is 5.75 Å². The third-order valence-electron chi connectivity index (χ3n) is 5.39. The van der Waals surface area contributed by atoms with Gasteiger partial charge in [0, 0.05) is 23.8 Å². The number of ether oxygens (including phenoxy) is 1. The molecule has 0 radical (unpaired) electrons. The summed E-state index contributed by atoms with van der Waals surface area (Å²) in [6.45, 7) is 0.253. The van der Waals surface area contributed by atoms with E-state index in [0.717, 1.165) is 15.9 Å². The minimum Gasteiger partial charge on any atom is -0.481 e. The van der Waals surface area contributed by atoms with Gasteiger partial charge in [-0.2, -0.15) is 8.78 Å². The van der Waals surface area contributed by atoms with Gasteiger partial charge in [-0.1, -0.05) is 6.92 Å². The molecular formula is C24H20F4N4O7S. The van der Waals surface area contributed by atoms with E-state index in [2.05, 4.69) is 20.4 Å². The first kappa shape index (κ1) is 29.9. The van der Waals surface area contributed by atoms with Gasteiger partial charge in [-0.05, 0) is 18.6 Å². The predicted octanol–water partition coefficient (Wildman–Crippen LogP) is 2.67. The molecule has 0 bridgehead atoms. The highest BCUT2D eigenvalue weighted by Gasteiger charge is 2.30. The second-order valence-electron chi connectivity index (χ2n) is 8.06. The number of thiazole rings is 1. The summed E-state index contributed by atoms with van der Waals surface area (Å²) in [5, 5.41) is 15.4. The molecule has 40 heavy (non-hydrogen) atoms. The summed E-state index contributed by atoms with van der Waals surface area (Å²) in [6.07, 6.45) is 1.60. The van der Waals surface area contributed by atoms with Crippen LogP contribution in [0.1, 0.15) is 35.6 Å². The van der Waals surface area contributed by atoms with Gasteiger partial charge in [0.15, 0.2) is 28.2 Å². The number of aromatic nitrogens is 2. The van der Waals surface area contributed by atoms with Crippen LogP contribution in [0.25, 0.3) is 0 Å². The number of halogens is 4. The molecule has 0 aliphatic heterocycles. The maximum Gasteiger partial charge on any atom is 0.305 e. The second-order valence-corrected chi connectivity index (χ2v) is 8.96. The van der Waals surface area contributed by atoms with E-state index < -0.39 is 83.3 Å². The fourth-order valence-electron chi connectivity index (χ4n) is 3.48. The van der Waals surface area contributed by atoms with Crippen molar-refractivity contribution in [1.82, 2.24) is 14.9 Å². The van der Waals surface area contributed by atoms with E-state index in [1.54, 1.807) is 5.38 Å². The molecule has 1 unspecified atom stereocenters. The number of nitrogens with zero attached hydrogens (tertiary/aromatic N) is 2. The Morgan fingerprint density at radius 2 is 1.82 bits per heavy atom. The number of carboxylic acids is 1. The van der Waals surface area contributed by atoms with Crippen molar-refractivity contribution in [2.75, 3.05) is 11.9 Å². The lowest BCUT2D eigenvalue weighted by Crippen LogP contribution is -2.48. The van der Waals surface area contributed by atoms with Crippen molar-refractivity contribution < 1.29 is 46.6 Å². The smallest absolute Gasteiger partial charge is 0.305 e. The lowest BCUT2D eigenvalue weighted by Gasteiger charge is -2.22. The number of hydrogen-bond acceptors (Lipinski definition) is 8. The summed E-state index contributed by atoms with van der Waals surface area (Å²) in [5.41, 5.74) is -0.982. The van der Waals surface area contributed by atoms with Gasteiger partial charge in [-0.15, -0.1) is 11.3 Å². The Morgan fingerprint density at radius 1 is 1.15 bits per heavy atom. The normalized spacial score (nSPS) is 12.3. The Hall–Kier alpha value is -4.60. The van der Waals surface area contributed by atoms with Crippen molar-refractivity contribution in [3.05, 3.63) is 74.6 Å². The molecule has 0 aliphatic carbocycles. The Morgan fingerprint density at radius 3 is 2.40 bits per heavy atom. The number of carbonyl (C=O) groups excluding carboxylic acids is 3. The Labute approximate surface area is 226 Å². The van der Waals surface area contributed by atoms with Crippen LogP contribution in [-0.2, 0) is 14.4 Å². The van der Waals surface area contributed by atoms with Gasteiger partial charge in [-0.3, -0.25) is 24.0 Å². The van der Waals surface area contributed by atoms with Gasteiger partial charge in [-0.25, -0.2) is 13.8 Å². The zero-order valence-corrected chi connectivity index (χ0v) is 21.3. The molecule has 212 valence electrons. The van der Waals surface area contributed by atoms with Crippen molar-refractivity contribution in [2.45, 2.75) is 31.8 Å². The number of amides is 2. The van der Waals surface area contributed by atoms with E-state index in [-0.39, 0.29) is 23.2 Å². The maximum absolute atomic E-state index is 13.8. The number of nitrogens with one attached hydrogen (secondary N) is 2. The van der Waals surface area contributed by atoms with E-state index >= 15 is 0 Å². The highest BCUT2D eigenvalue weighted by molar-refractivity contribution is 7.11. The number of hydrogen-bond donors (Lipinski definition) is 3. The number of pyridine rings is 1. The topological polar surface area (TPSA) is 157 Å². The highest BCUT2D eigenvalue weighted by Crippen LogP contribution is 2.26. The van der Waals surface area contributed by atoms with E-state index in [9.17, 15) is 46.6 Å². The largest absolute Gasteiger partial charge is 0.481 e. The Bertz CT molecular complexity index is 1470.